The molecule has 0 amide bonds. The Balaban J connectivity index is 1.85. The number of aliphatic hydroxyl groups is 1. The van der Waals surface area contributed by atoms with Crippen molar-refractivity contribution in [3.05, 3.63) is 29.3 Å². The van der Waals surface area contributed by atoms with Gasteiger partial charge >= 0.3 is 0 Å². The first-order valence-electron chi connectivity index (χ1n) is 6.54. The molecule has 2 rings (SSSR count). The molecule has 94 valence electrons. The molecular formula is C14H22N2O. The maximum absolute atomic E-state index is 9.64. The lowest BCUT2D eigenvalue weighted by atomic mass is 10.1. The molecule has 0 saturated heterocycles. The Kier molecular flexibility index (Phi) is 4.40. The van der Waals surface area contributed by atoms with Gasteiger partial charge in [0.1, 0.15) is 0 Å². The van der Waals surface area contributed by atoms with Crippen LogP contribution < -0.4 is 10.6 Å². The molecule has 17 heavy (non-hydrogen) atoms. The Morgan fingerprint density at radius 3 is 3.18 bits per heavy atom. The predicted octanol–water partition coefficient (Wildman–Crippen LogP) is 1.91. The predicted molar refractivity (Wildman–Crippen MR) is 71.3 cm³/mol. The van der Waals surface area contributed by atoms with Gasteiger partial charge in [0.2, 0.25) is 0 Å². The summed E-state index contributed by atoms with van der Waals surface area (Å²) < 4.78 is 0. The normalized spacial score (nSPS) is 15.4. The average molecular weight is 234 g/mol. The van der Waals surface area contributed by atoms with Crippen LogP contribution in [-0.2, 0) is 13.0 Å². The Morgan fingerprint density at radius 2 is 2.35 bits per heavy atom. The highest BCUT2D eigenvalue weighted by Crippen LogP contribution is 2.26. The summed E-state index contributed by atoms with van der Waals surface area (Å²) in [6, 6.07) is 6.45. The molecule has 1 aliphatic heterocycles. The van der Waals surface area contributed by atoms with E-state index < -0.39 is 0 Å². The van der Waals surface area contributed by atoms with Gasteiger partial charge in [0.25, 0.3) is 0 Å². The summed E-state index contributed by atoms with van der Waals surface area (Å²) in [7, 11) is 0. The third-order valence-electron chi connectivity index (χ3n) is 3.25. The van der Waals surface area contributed by atoms with Gasteiger partial charge in [0.15, 0.2) is 0 Å². The lowest BCUT2D eigenvalue weighted by molar-refractivity contribution is 0.160. The fraction of sp³-hybridized carbons (Fsp3) is 0.571. The first-order valence-corrected chi connectivity index (χ1v) is 6.54. The minimum absolute atomic E-state index is 0.218. The van der Waals surface area contributed by atoms with Crippen molar-refractivity contribution < 1.29 is 5.11 Å². The monoisotopic (exact) mass is 234 g/mol. The molecular weight excluding hydrogens is 212 g/mol. The highest BCUT2D eigenvalue weighted by atomic mass is 16.3. The van der Waals surface area contributed by atoms with Crippen LogP contribution >= 0.6 is 0 Å². The highest BCUT2D eigenvalue weighted by Gasteiger charge is 2.13. The third kappa shape index (κ3) is 3.20. The molecule has 0 aromatic heterocycles. The number of hydrogen-bond donors (Lipinski definition) is 3. The molecule has 3 heteroatoms. The second kappa shape index (κ2) is 6.03. The third-order valence-corrected chi connectivity index (χ3v) is 3.25. The van der Waals surface area contributed by atoms with Crippen molar-refractivity contribution in [1.82, 2.24) is 5.32 Å². The molecule has 0 spiro atoms. The molecule has 0 aliphatic carbocycles. The van der Waals surface area contributed by atoms with Gasteiger partial charge in [-0.15, -0.1) is 0 Å². The maximum Gasteiger partial charge on any atom is 0.0664 e. The van der Waals surface area contributed by atoms with Crippen LogP contribution in [0.4, 0.5) is 5.69 Å². The number of para-hydroxylation sites is 1. The zero-order valence-electron chi connectivity index (χ0n) is 10.5. The van der Waals surface area contributed by atoms with Gasteiger partial charge in [-0.3, -0.25) is 0 Å². The average Bonchev–Trinajstić information content (AvgIpc) is 2.78. The molecule has 1 heterocycles. The summed E-state index contributed by atoms with van der Waals surface area (Å²) in [6.45, 7) is 4.65. The largest absolute Gasteiger partial charge is 0.392 e. The molecule has 0 saturated carbocycles. The molecule has 1 aromatic rings. The number of nitrogens with one attached hydrogen (secondary N) is 2. The number of hydrogen-bond acceptors (Lipinski definition) is 3. The Bertz CT molecular complexity index is 365. The molecule has 0 fully saturated rings. The zero-order valence-corrected chi connectivity index (χ0v) is 10.5. The number of benzene rings is 1. The van der Waals surface area contributed by atoms with Crippen LogP contribution in [0.15, 0.2) is 18.2 Å². The fourth-order valence-electron chi connectivity index (χ4n) is 2.37. The quantitative estimate of drug-likeness (QED) is 0.704. The van der Waals surface area contributed by atoms with Crippen molar-refractivity contribution in [3.63, 3.8) is 0 Å². The first-order chi connectivity index (χ1) is 8.31. The first kappa shape index (κ1) is 12.4. The number of fused-ring (bicyclic) bond motifs is 1. The van der Waals surface area contributed by atoms with Gasteiger partial charge in [0, 0.05) is 25.3 Å². The van der Waals surface area contributed by atoms with E-state index in [1.807, 2.05) is 0 Å². The van der Waals surface area contributed by atoms with Crippen molar-refractivity contribution in [3.8, 4) is 0 Å². The lowest BCUT2D eigenvalue weighted by Gasteiger charge is -2.13. The van der Waals surface area contributed by atoms with E-state index in [0.717, 1.165) is 32.4 Å². The minimum Gasteiger partial charge on any atom is -0.392 e. The number of anilines is 1. The highest BCUT2D eigenvalue weighted by molar-refractivity contribution is 5.61. The van der Waals surface area contributed by atoms with E-state index in [9.17, 15) is 5.11 Å². The molecule has 1 atom stereocenters. The Morgan fingerprint density at radius 1 is 1.47 bits per heavy atom. The molecule has 1 aliphatic rings. The summed E-state index contributed by atoms with van der Waals surface area (Å²) in [5.41, 5.74) is 4.02. The van der Waals surface area contributed by atoms with Crippen LogP contribution in [0.1, 0.15) is 30.9 Å². The Hall–Kier alpha value is -1.06. The van der Waals surface area contributed by atoms with Crippen LogP contribution in [0, 0.1) is 0 Å². The molecule has 0 radical (unpaired) electrons. The van der Waals surface area contributed by atoms with E-state index >= 15 is 0 Å². The standard InChI is InChI=1S/C14H22N2O/c1-2-4-13(17)10-15-9-12-6-3-5-11-7-8-16-14(11)12/h3,5-6,13,15-17H,2,4,7-10H2,1H3. The van der Waals surface area contributed by atoms with E-state index in [2.05, 4.69) is 35.8 Å². The van der Waals surface area contributed by atoms with Gasteiger partial charge in [0.05, 0.1) is 6.10 Å². The minimum atomic E-state index is -0.218. The van der Waals surface area contributed by atoms with Gasteiger partial charge in [-0.05, 0) is 24.0 Å². The Labute approximate surface area is 103 Å². The van der Waals surface area contributed by atoms with Gasteiger partial charge in [-0.25, -0.2) is 0 Å². The summed E-state index contributed by atoms with van der Waals surface area (Å²) in [5.74, 6) is 0. The van der Waals surface area contributed by atoms with Crippen LogP contribution in [0.25, 0.3) is 0 Å². The zero-order chi connectivity index (χ0) is 12.1. The van der Waals surface area contributed by atoms with E-state index in [-0.39, 0.29) is 6.10 Å². The molecule has 3 nitrogen and oxygen atoms in total. The second-order valence-corrected chi connectivity index (χ2v) is 4.70. The summed E-state index contributed by atoms with van der Waals surface area (Å²) in [5, 5.41) is 16.4. The van der Waals surface area contributed by atoms with Gasteiger partial charge < -0.3 is 15.7 Å². The molecule has 0 bridgehead atoms. The topological polar surface area (TPSA) is 44.3 Å². The molecule has 1 unspecified atom stereocenters. The molecule has 3 N–H and O–H groups in total. The van der Waals surface area contributed by atoms with Crippen LogP contribution in [0.5, 0.6) is 0 Å². The van der Waals surface area contributed by atoms with Crippen LogP contribution in [0.2, 0.25) is 0 Å². The number of rotatable bonds is 6. The fourth-order valence-corrected chi connectivity index (χ4v) is 2.37. The summed E-state index contributed by atoms with van der Waals surface area (Å²) >= 11 is 0. The van der Waals surface area contributed by atoms with Gasteiger partial charge in [-0.2, -0.15) is 0 Å². The van der Waals surface area contributed by atoms with Crippen LogP contribution in [0.3, 0.4) is 0 Å². The smallest absolute Gasteiger partial charge is 0.0664 e. The van der Waals surface area contributed by atoms with Crippen molar-refractivity contribution in [2.75, 3.05) is 18.4 Å². The van der Waals surface area contributed by atoms with Gasteiger partial charge in [-0.1, -0.05) is 31.5 Å². The van der Waals surface area contributed by atoms with E-state index in [0.29, 0.717) is 6.54 Å². The van der Waals surface area contributed by atoms with Crippen molar-refractivity contribution in [2.45, 2.75) is 38.8 Å². The van der Waals surface area contributed by atoms with Crippen molar-refractivity contribution in [1.29, 1.82) is 0 Å². The molecule has 1 aromatic carbocycles. The maximum atomic E-state index is 9.64. The van der Waals surface area contributed by atoms with E-state index in [1.165, 1.54) is 16.8 Å². The van der Waals surface area contributed by atoms with E-state index in [4.69, 9.17) is 0 Å². The van der Waals surface area contributed by atoms with Crippen LogP contribution in [-0.4, -0.2) is 24.3 Å². The SMILES string of the molecule is CCCC(O)CNCc1cccc2c1NCC2. The van der Waals surface area contributed by atoms with Crippen molar-refractivity contribution in [2.24, 2.45) is 0 Å². The number of aliphatic hydroxyl groups excluding tert-OH is 1. The summed E-state index contributed by atoms with van der Waals surface area (Å²) in [6.07, 6.45) is 2.81. The lowest BCUT2D eigenvalue weighted by Crippen LogP contribution is -2.26. The summed E-state index contributed by atoms with van der Waals surface area (Å²) in [4.78, 5) is 0. The van der Waals surface area contributed by atoms with E-state index in [1.54, 1.807) is 0 Å². The van der Waals surface area contributed by atoms with Crippen molar-refractivity contribution >= 4 is 5.69 Å². The second-order valence-electron chi connectivity index (χ2n) is 4.70.